The molecule has 0 fully saturated rings. The number of aliphatic hydroxyl groups is 3. The van der Waals surface area contributed by atoms with Gasteiger partial charge in [0, 0.05) is 17.2 Å². The van der Waals surface area contributed by atoms with E-state index in [1.807, 2.05) is 32.2 Å². The standard InChI is InChI=1S/C28H45NO6S/c1-10-22(18(3)14-21-16-36-20(5)29-21)35-24(31)15-23(30)28(8,9)26(33)19(4)25(32)17(2)12-11-13-27(6,7)34/h11-12,14,16-17,19,22-23,25,30,32,34H,10,13,15H2,1-9H3/b12-11+,18-14+/t17?,19?,22?,23-,25?/m0/s1. The average Bonchev–Trinajstić information content (AvgIpc) is 3.18. The van der Waals surface area contributed by atoms with Crippen LogP contribution in [0, 0.1) is 24.2 Å². The van der Waals surface area contributed by atoms with E-state index >= 15 is 0 Å². The summed E-state index contributed by atoms with van der Waals surface area (Å²) in [5.41, 5.74) is -0.452. The van der Waals surface area contributed by atoms with Crippen LogP contribution in [-0.2, 0) is 14.3 Å². The topological polar surface area (TPSA) is 117 Å². The van der Waals surface area contributed by atoms with Crippen molar-refractivity contribution in [2.45, 2.75) is 105 Å². The number of aryl methyl sites for hydroxylation is 1. The Balaban J connectivity index is 2.79. The predicted molar refractivity (Wildman–Crippen MR) is 144 cm³/mol. The molecular formula is C28H45NO6S. The number of rotatable bonds is 14. The van der Waals surface area contributed by atoms with Crippen LogP contribution in [0.4, 0.5) is 0 Å². The van der Waals surface area contributed by atoms with E-state index in [9.17, 15) is 24.9 Å². The van der Waals surface area contributed by atoms with Gasteiger partial charge in [-0.3, -0.25) is 9.59 Å². The van der Waals surface area contributed by atoms with Crippen molar-refractivity contribution in [2.75, 3.05) is 0 Å². The van der Waals surface area contributed by atoms with Crippen molar-refractivity contribution in [3.63, 3.8) is 0 Å². The van der Waals surface area contributed by atoms with E-state index in [1.54, 1.807) is 65.0 Å². The average molecular weight is 524 g/mol. The molecule has 0 radical (unpaired) electrons. The monoisotopic (exact) mass is 523 g/mol. The van der Waals surface area contributed by atoms with Crippen molar-refractivity contribution in [3.05, 3.63) is 33.8 Å². The van der Waals surface area contributed by atoms with Crippen molar-refractivity contribution < 1.29 is 29.6 Å². The fraction of sp³-hybridized carbons (Fsp3) is 0.679. The smallest absolute Gasteiger partial charge is 0.309 e. The van der Waals surface area contributed by atoms with Gasteiger partial charge in [-0.05, 0) is 52.2 Å². The zero-order valence-corrected chi connectivity index (χ0v) is 24.1. The fourth-order valence-electron chi connectivity index (χ4n) is 3.94. The summed E-state index contributed by atoms with van der Waals surface area (Å²) in [5, 5.41) is 34.3. The molecule has 0 bridgehead atoms. The van der Waals surface area contributed by atoms with Gasteiger partial charge in [0.15, 0.2) is 0 Å². The summed E-state index contributed by atoms with van der Waals surface area (Å²) < 4.78 is 5.62. The first kappa shape index (κ1) is 32.2. The summed E-state index contributed by atoms with van der Waals surface area (Å²) in [6.07, 6.45) is 3.42. The molecule has 7 nitrogen and oxygen atoms in total. The minimum atomic E-state index is -1.27. The van der Waals surface area contributed by atoms with Crippen LogP contribution in [0.5, 0.6) is 0 Å². The summed E-state index contributed by atoms with van der Waals surface area (Å²) in [6, 6.07) is 0. The SMILES string of the molecule is CCC(OC(=O)C[C@H](O)C(C)(C)C(=O)C(C)C(O)C(C)/C=C/CC(C)(C)O)/C(C)=C/c1csc(C)n1. The van der Waals surface area contributed by atoms with Gasteiger partial charge in [0.2, 0.25) is 0 Å². The van der Waals surface area contributed by atoms with E-state index in [1.165, 1.54) is 0 Å². The number of esters is 1. The second-order valence-corrected chi connectivity index (χ2v) is 12.0. The van der Waals surface area contributed by atoms with Gasteiger partial charge >= 0.3 is 5.97 Å². The van der Waals surface area contributed by atoms with Crippen LogP contribution < -0.4 is 0 Å². The molecule has 0 aliphatic heterocycles. The van der Waals surface area contributed by atoms with Gasteiger partial charge in [-0.25, -0.2) is 4.98 Å². The Labute approximate surface area is 220 Å². The van der Waals surface area contributed by atoms with Crippen LogP contribution in [0.25, 0.3) is 6.08 Å². The third-order valence-electron chi connectivity index (χ3n) is 6.51. The molecule has 0 saturated carbocycles. The Morgan fingerprint density at radius 3 is 2.31 bits per heavy atom. The quantitative estimate of drug-likeness (QED) is 0.235. The predicted octanol–water partition coefficient (Wildman–Crippen LogP) is 4.87. The molecule has 0 aliphatic rings. The van der Waals surface area contributed by atoms with E-state index in [0.29, 0.717) is 12.8 Å². The number of aliphatic hydroxyl groups excluding tert-OH is 2. The molecule has 1 aromatic heterocycles. The van der Waals surface area contributed by atoms with E-state index in [0.717, 1.165) is 16.3 Å². The van der Waals surface area contributed by atoms with Crippen molar-refractivity contribution in [2.24, 2.45) is 17.3 Å². The first-order valence-electron chi connectivity index (χ1n) is 12.6. The number of thiazole rings is 1. The van der Waals surface area contributed by atoms with Crippen LogP contribution in [-0.4, -0.2) is 56.0 Å². The zero-order valence-electron chi connectivity index (χ0n) is 23.2. The van der Waals surface area contributed by atoms with Gasteiger partial charge in [-0.1, -0.05) is 46.8 Å². The van der Waals surface area contributed by atoms with Gasteiger partial charge in [-0.15, -0.1) is 11.3 Å². The lowest BCUT2D eigenvalue weighted by Crippen LogP contribution is -2.45. The zero-order chi connectivity index (χ0) is 27.8. The van der Waals surface area contributed by atoms with Crippen molar-refractivity contribution >= 4 is 29.2 Å². The summed E-state index contributed by atoms with van der Waals surface area (Å²) >= 11 is 1.54. The summed E-state index contributed by atoms with van der Waals surface area (Å²) in [6.45, 7) is 15.7. The number of nitrogens with zero attached hydrogens (tertiary/aromatic N) is 1. The first-order valence-corrected chi connectivity index (χ1v) is 13.5. The third-order valence-corrected chi connectivity index (χ3v) is 7.31. The highest BCUT2D eigenvalue weighted by molar-refractivity contribution is 7.09. The van der Waals surface area contributed by atoms with Crippen molar-refractivity contribution in [1.29, 1.82) is 0 Å². The summed E-state index contributed by atoms with van der Waals surface area (Å²) in [5.74, 6) is -2.01. The summed E-state index contributed by atoms with van der Waals surface area (Å²) in [7, 11) is 0. The number of aromatic nitrogens is 1. The number of hydrogen-bond acceptors (Lipinski definition) is 8. The maximum absolute atomic E-state index is 13.2. The normalized spacial score (nSPS) is 17.5. The van der Waals surface area contributed by atoms with E-state index in [-0.39, 0.29) is 18.1 Å². The highest BCUT2D eigenvalue weighted by atomic mass is 32.1. The molecule has 0 amide bonds. The van der Waals surface area contributed by atoms with Crippen LogP contribution in [0.1, 0.15) is 85.4 Å². The highest BCUT2D eigenvalue weighted by Crippen LogP contribution is 2.31. The Kier molecular flexibility index (Phi) is 12.2. The van der Waals surface area contributed by atoms with Gasteiger partial charge in [0.05, 0.1) is 40.3 Å². The number of ether oxygens (including phenoxy) is 1. The maximum atomic E-state index is 13.2. The number of carbonyl (C=O) groups is 2. The molecular weight excluding hydrogens is 478 g/mol. The second-order valence-electron chi connectivity index (χ2n) is 11.0. The third kappa shape index (κ3) is 9.88. The lowest BCUT2D eigenvalue weighted by Gasteiger charge is -2.34. The molecule has 0 saturated heterocycles. The molecule has 1 rings (SSSR count). The molecule has 204 valence electrons. The molecule has 0 spiro atoms. The van der Waals surface area contributed by atoms with Crippen LogP contribution in [0.2, 0.25) is 0 Å². The Morgan fingerprint density at radius 2 is 1.81 bits per heavy atom. The molecule has 0 aromatic carbocycles. The Bertz CT molecular complexity index is 927. The largest absolute Gasteiger partial charge is 0.458 e. The van der Waals surface area contributed by atoms with Gasteiger partial charge < -0.3 is 20.1 Å². The molecule has 3 N–H and O–H groups in total. The first-order chi connectivity index (χ1) is 16.5. The lowest BCUT2D eigenvalue weighted by atomic mass is 9.73. The molecule has 8 heteroatoms. The molecule has 0 aliphatic carbocycles. The number of ketones is 1. The maximum Gasteiger partial charge on any atom is 0.309 e. The van der Waals surface area contributed by atoms with E-state index in [4.69, 9.17) is 4.74 Å². The van der Waals surface area contributed by atoms with Crippen molar-refractivity contribution in [1.82, 2.24) is 4.98 Å². The highest BCUT2D eigenvalue weighted by Gasteiger charge is 2.42. The van der Waals surface area contributed by atoms with Crippen LogP contribution >= 0.6 is 11.3 Å². The lowest BCUT2D eigenvalue weighted by molar-refractivity contribution is -0.154. The Morgan fingerprint density at radius 1 is 1.19 bits per heavy atom. The molecule has 1 aromatic rings. The molecule has 4 unspecified atom stereocenters. The number of carbonyl (C=O) groups excluding carboxylic acids is 2. The molecule has 36 heavy (non-hydrogen) atoms. The second kappa shape index (κ2) is 13.6. The van der Waals surface area contributed by atoms with Crippen molar-refractivity contribution in [3.8, 4) is 0 Å². The van der Waals surface area contributed by atoms with Gasteiger partial charge in [-0.2, -0.15) is 0 Å². The van der Waals surface area contributed by atoms with E-state index in [2.05, 4.69) is 4.98 Å². The minimum Gasteiger partial charge on any atom is -0.458 e. The summed E-state index contributed by atoms with van der Waals surface area (Å²) in [4.78, 5) is 30.3. The Hall–Kier alpha value is -1.87. The van der Waals surface area contributed by atoms with Crippen LogP contribution in [0.15, 0.2) is 23.1 Å². The van der Waals surface area contributed by atoms with E-state index < -0.39 is 41.2 Å². The molecule has 5 atom stereocenters. The fourth-order valence-corrected chi connectivity index (χ4v) is 4.51. The van der Waals surface area contributed by atoms with Gasteiger partial charge in [0.1, 0.15) is 11.9 Å². The number of hydrogen-bond donors (Lipinski definition) is 3. The molecule has 1 heterocycles. The van der Waals surface area contributed by atoms with Crippen LogP contribution in [0.3, 0.4) is 0 Å². The van der Waals surface area contributed by atoms with Gasteiger partial charge in [0.25, 0.3) is 0 Å². The minimum absolute atomic E-state index is 0.328. The number of Topliss-reactive ketones (excluding diaryl/α,β-unsaturated/α-hetero) is 1.